The summed E-state index contributed by atoms with van der Waals surface area (Å²) in [6.45, 7) is 3.05. The number of pyridine rings is 1. The highest BCUT2D eigenvalue weighted by Gasteiger charge is 2.28. The number of amides is 2. The van der Waals surface area contributed by atoms with Crippen molar-refractivity contribution in [2.24, 2.45) is 0 Å². The Morgan fingerprint density at radius 2 is 2.26 bits per heavy atom. The van der Waals surface area contributed by atoms with Crippen molar-refractivity contribution in [3.05, 3.63) is 70.1 Å². The fraction of sp³-hybridized carbons (Fsp3) is 0.292. The predicted octanol–water partition coefficient (Wildman–Crippen LogP) is 3.67. The van der Waals surface area contributed by atoms with Crippen LogP contribution in [0.25, 0.3) is 6.08 Å². The molecule has 3 aromatic rings. The Kier molecular flexibility index (Phi) is 7.34. The Labute approximate surface area is 201 Å². The third-order valence-electron chi connectivity index (χ3n) is 5.47. The van der Waals surface area contributed by atoms with E-state index in [1.54, 1.807) is 30.7 Å². The molecule has 3 aromatic heterocycles. The van der Waals surface area contributed by atoms with Gasteiger partial charge in [0, 0.05) is 42.5 Å². The van der Waals surface area contributed by atoms with Gasteiger partial charge in [-0.1, -0.05) is 6.07 Å². The van der Waals surface area contributed by atoms with Gasteiger partial charge in [-0.2, -0.15) is 10.4 Å². The van der Waals surface area contributed by atoms with Gasteiger partial charge in [0.1, 0.15) is 17.2 Å². The lowest BCUT2D eigenvalue weighted by Crippen LogP contribution is -2.32. The monoisotopic (exact) mass is 476 g/mol. The fourth-order valence-electron chi connectivity index (χ4n) is 3.81. The number of nitrogens with one attached hydrogen (secondary N) is 2. The van der Waals surface area contributed by atoms with Crippen LogP contribution in [-0.4, -0.2) is 32.9 Å². The first-order chi connectivity index (χ1) is 16.6. The van der Waals surface area contributed by atoms with Gasteiger partial charge in [-0.05, 0) is 49.1 Å². The SMILES string of the molecule is CCn1nccc1CNC(=O)OC1CCc2c(sc(NC(=O)/C=C/c3cccnc3)c2C#N)C1. The van der Waals surface area contributed by atoms with Crippen molar-refractivity contribution in [2.75, 3.05) is 5.32 Å². The van der Waals surface area contributed by atoms with E-state index in [0.717, 1.165) is 28.2 Å². The average Bonchev–Trinajstić information content (AvgIpc) is 3.45. The van der Waals surface area contributed by atoms with Crippen molar-refractivity contribution in [3.8, 4) is 6.07 Å². The number of alkyl carbamates (subject to hydrolysis) is 1. The summed E-state index contributed by atoms with van der Waals surface area (Å²) >= 11 is 1.36. The second-order valence-corrected chi connectivity index (χ2v) is 8.80. The second kappa shape index (κ2) is 10.8. The number of hydrogen-bond donors (Lipinski definition) is 2. The molecule has 0 spiro atoms. The molecule has 0 saturated carbocycles. The van der Waals surface area contributed by atoms with Crippen LogP contribution in [0.1, 0.15) is 40.6 Å². The summed E-state index contributed by atoms with van der Waals surface area (Å²) in [5, 5.41) is 20.0. The minimum absolute atomic E-state index is 0.289. The zero-order chi connectivity index (χ0) is 23.9. The lowest BCUT2D eigenvalue weighted by molar-refractivity contribution is -0.111. The fourth-order valence-corrected chi connectivity index (χ4v) is 5.08. The molecule has 4 rings (SSSR count). The number of nitrogens with zero attached hydrogens (tertiary/aromatic N) is 4. The number of aryl methyl sites for hydroxylation is 1. The molecule has 3 heterocycles. The lowest BCUT2D eigenvalue weighted by Gasteiger charge is -2.22. The number of carbonyl (C=O) groups is 2. The van der Waals surface area contributed by atoms with Gasteiger partial charge in [0.15, 0.2) is 0 Å². The maximum absolute atomic E-state index is 12.4. The molecule has 174 valence electrons. The van der Waals surface area contributed by atoms with E-state index < -0.39 is 6.09 Å². The van der Waals surface area contributed by atoms with E-state index in [1.807, 2.05) is 23.7 Å². The number of ether oxygens (including phenoxy) is 1. The smallest absolute Gasteiger partial charge is 0.407 e. The molecular formula is C24H24N6O3S. The molecule has 10 heteroatoms. The van der Waals surface area contributed by atoms with Crippen molar-refractivity contribution in [3.63, 3.8) is 0 Å². The topological polar surface area (TPSA) is 122 Å². The molecule has 34 heavy (non-hydrogen) atoms. The summed E-state index contributed by atoms with van der Waals surface area (Å²) in [6.07, 6.45) is 9.06. The Hall–Kier alpha value is -3.97. The first-order valence-corrected chi connectivity index (χ1v) is 11.8. The summed E-state index contributed by atoms with van der Waals surface area (Å²) < 4.78 is 7.42. The van der Waals surface area contributed by atoms with Gasteiger partial charge in [0.2, 0.25) is 5.91 Å². The Morgan fingerprint density at radius 3 is 3.03 bits per heavy atom. The van der Waals surface area contributed by atoms with Crippen LogP contribution in [0, 0.1) is 11.3 Å². The summed E-state index contributed by atoms with van der Waals surface area (Å²) in [5.41, 5.74) is 3.12. The lowest BCUT2D eigenvalue weighted by atomic mass is 9.94. The van der Waals surface area contributed by atoms with E-state index in [2.05, 4.69) is 26.8 Å². The number of hydrogen-bond acceptors (Lipinski definition) is 7. The normalized spacial score (nSPS) is 14.9. The van der Waals surface area contributed by atoms with Crippen LogP contribution in [0.5, 0.6) is 0 Å². The molecule has 2 amide bonds. The van der Waals surface area contributed by atoms with E-state index in [9.17, 15) is 14.9 Å². The van der Waals surface area contributed by atoms with Crippen LogP contribution in [0.15, 0.2) is 42.9 Å². The molecule has 1 aliphatic rings. The maximum Gasteiger partial charge on any atom is 0.407 e. The first kappa shape index (κ1) is 23.2. The zero-order valence-electron chi connectivity index (χ0n) is 18.7. The van der Waals surface area contributed by atoms with Crippen molar-refractivity contribution in [1.82, 2.24) is 20.1 Å². The molecule has 0 aromatic carbocycles. The van der Waals surface area contributed by atoms with Gasteiger partial charge in [0.05, 0.1) is 17.8 Å². The Morgan fingerprint density at radius 1 is 1.38 bits per heavy atom. The van der Waals surface area contributed by atoms with Crippen LogP contribution in [0.4, 0.5) is 9.80 Å². The van der Waals surface area contributed by atoms with Gasteiger partial charge in [-0.15, -0.1) is 11.3 Å². The Balaban J connectivity index is 1.35. The minimum Gasteiger partial charge on any atom is -0.446 e. The third kappa shape index (κ3) is 5.50. The highest BCUT2D eigenvalue weighted by Crippen LogP contribution is 2.38. The van der Waals surface area contributed by atoms with Crippen molar-refractivity contribution in [1.29, 1.82) is 5.26 Å². The highest BCUT2D eigenvalue weighted by molar-refractivity contribution is 7.16. The molecule has 0 fully saturated rings. The molecule has 9 nitrogen and oxygen atoms in total. The number of thiophene rings is 1. The van der Waals surface area contributed by atoms with Gasteiger partial charge < -0.3 is 15.4 Å². The van der Waals surface area contributed by atoms with Crippen LogP contribution in [0.2, 0.25) is 0 Å². The molecule has 0 radical (unpaired) electrons. The predicted molar refractivity (Wildman–Crippen MR) is 128 cm³/mol. The quantitative estimate of drug-likeness (QED) is 0.502. The second-order valence-electron chi connectivity index (χ2n) is 7.69. The molecule has 1 atom stereocenters. The molecule has 0 saturated heterocycles. The van der Waals surface area contributed by atoms with Crippen LogP contribution >= 0.6 is 11.3 Å². The molecule has 0 aliphatic heterocycles. The number of nitriles is 1. The first-order valence-electron chi connectivity index (χ1n) is 11.0. The van der Waals surface area contributed by atoms with Crippen molar-refractivity contribution < 1.29 is 14.3 Å². The van der Waals surface area contributed by atoms with E-state index in [0.29, 0.717) is 36.4 Å². The standard InChI is InChI=1S/C24H24N6O3S/c1-2-30-17(9-11-28-30)15-27-24(32)33-18-6-7-19-20(13-25)23(34-21(19)12-18)29-22(31)8-5-16-4-3-10-26-14-16/h3-5,8-11,14,18H,2,6-7,12,15H2,1H3,(H,27,32)(H,29,31)/b8-5+. The third-order valence-corrected chi connectivity index (χ3v) is 6.64. The van der Waals surface area contributed by atoms with Gasteiger partial charge in [0.25, 0.3) is 0 Å². The molecular weight excluding hydrogens is 452 g/mol. The van der Waals surface area contributed by atoms with Crippen LogP contribution in [-0.2, 0) is 35.5 Å². The number of anilines is 1. The van der Waals surface area contributed by atoms with Gasteiger partial charge in [-0.3, -0.25) is 14.5 Å². The van der Waals surface area contributed by atoms with Crippen LogP contribution < -0.4 is 10.6 Å². The number of aromatic nitrogens is 3. The van der Waals surface area contributed by atoms with Gasteiger partial charge >= 0.3 is 6.09 Å². The highest BCUT2D eigenvalue weighted by atomic mass is 32.1. The van der Waals surface area contributed by atoms with Crippen molar-refractivity contribution in [2.45, 2.75) is 45.4 Å². The number of rotatable bonds is 7. The zero-order valence-corrected chi connectivity index (χ0v) is 19.5. The number of fused-ring (bicyclic) bond motifs is 1. The summed E-state index contributed by atoms with van der Waals surface area (Å²) in [7, 11) is 0. The minimum atomic E-state index is -0.483. The summed E-state index contributed by atoms with van der Waals surface area (Å²) in [6, 6.07) is 7.71. The van der Waals surface area contributed by atoms with Crippen molar-refractivity contribution >= 4 is 34.4 Å². The maximum atomic E-state index is 12.4. The largest absolute Gasteiger partial charge is 0.446 e. The average molecular weight is 477 g/mol. The molecule has 2 N–H and O–H groups in total. The van der Waals surface area contributed by atoms with E-state index in [4.69, 9.17) is 4.74 Å². The van der Waals surface area contributed by atoms with E-state index in [-0.39, 0.29) is 12.0 Å². The van der Waals surface area contributed by atoms with E-state index in [1.165, 1.54) is 17.4 Å². The molecule has 1 unspecified atom stereocenters. The summed E-state index contributed by atoms with van der Waals surface area (Å²) in [5.74, 6) is -0.322. The molecule has 0 bridgehead atoms. The Bertz CT molecular complexity index is 1240. The summed E-state index contributed by atoms with van der Waals surface area (Å²) in [4.78, 5) is 29.7. The number of carbonyl (C=O) groups excluding carboxylic acids is 2. The van der Waals surface area contributed by atoms with Crippen LogP contribution in [0.3, 0.4) is 0 Å². The van der Waals surface area contributed by atoms with E-state index >= 15 is 0 Å². The molecule has 1 aliphatic carbocycles. The van der Waals surface area contributed by atoms with Gasteiger partial charge in [-0.25, -0.2) is 4.79 Å².